The molecule has 0 radical (unpaired) electrons. The summed E-state index contributed by atoms with van der Waals surface area (Å²) < 4.78 is 32.4. The quantitative estimate of drug-likeness (QED) is 0.557. The third-order valence-electron chi connectivity index (χ3n) is 5.66. The van der Waals surface area contributed by atoms with E-state index in [9.17, 15) is 13.2 Å². The molecule has 31 heavy (non-hydrogen) atoms. The summed E-state index contributed by atoms with van der Waals surface area (Å²) in [5.41, 5.74) is 2.36. The molecular formula is C24H26N2O4S. The molecule has 1 unspecified atom stereocenters. The van der Waals surface area contributed by atoms with Crippen molar-refractivity contribution in [2.75, 3.05) is 24.6 Å². The van der Waals surface area contributed by atoms with Crippen LogP contribution in [0.15, 0.2) is 64.5 Å². The minimum atomic E-state index is -3.79. The summed E-state index contributed by atoms with van der Waals surface area (Å²) in [5.74, 6) is -0.511. The molecule has 6 nitrogen and oxygen atoms in total. The monoisotopic (exact) mass is 438 g/mol. The van der Waals surface area contributed by atoms with Crippen LogP contribution in [0.1, 0.15) is 25.3 Å². The Hall–Kier alpha value is -2.93. The van der Waals surface area contributed by atoms with Crippen molar-refractivity contribution in [3.8, 4) is 0 Å². The minimum absolute atomic E-state index is 0.168. The van der Waals surface area contributed by atoms with E-state index in [0.717, 1.165) is 29.3 Å². The SMILES string of the molecule is CCOC(=O)C1CCCN(c2c(S(=O)(=O)c3ccccc3)cnc3ccc(C)cc23)C1. The Labute approximate surface area is 182 Å². The maximum atomic E-state index is 13.6. The van der Waals surface area contributed by atoms with Crippen LogP contribution in [0.2, 0.25) is 0 Å². The molecule has 1 aromatic heterocycles. The molecule has 0 saturated carbocycles. The van der Waals surface area contributed by atoms with Crippen LogP contribution in [0.25, 0.3) is 10.9 Å². The van der Waals surface area contributed by atoms with Crippen LogP contribution in [-0.2, 0) is 19.4 Å². The highest BCUT2D eigenvalue weighted by molar-refractivity contribution is 7.91. The molecule has 2 aromatic carbocycles. The van der Waals surface area contributed by atoms with Crippen LogP contribution in [0.4, 0.5) is 5.69 Å². The highest BCUT2D eigenvalue weighted by Gasteiger charge is 2.32. The number of aryl methyl sites for hydroxylation is 1. The van der Waals surface area contributed by atoms with Gasteiger partial charge >= 0.3 is 5.97 Å². The molecule has 0 N–H and O–H groups in total. The number of fused-ring (bicyclic) bond motifs is 1. The average Bonchev–Trinajstić information content (AvgIpc) is 2.79. The largest absolute Gasteiger partial charge is 0.466 e. The summed E-state index contributed by atoms with van der Waals surface area (Å²) in [7, 11) is -3.79. The van der Waals surface area contributed by atoms with Crippen molar-refractivity contribution in [1.82, 2.24) is 4.98 Å². The van der Waals surface area contributed by atoms with E-state index >= 15 is 0 Å². The first-order valence-corrected chi connectivity index (χ1v) is 12.0. The smallest absolute Gasteiger partial charge is 0.310 e. The number of anilines is 1. The number of carbonyl (C=O) groups is 1. The number of hydrogen-bond donors (Lipinski definition) is 0. The number of aromatic nitrogens is 1. The predicted octanol–water partition coefficient (Wildman–Crippen LogP) is 4.16. The normalized spacial score (nSPS) is 17.0. The van der Waals surface area contributed by atoms with Gasteiger partial charge in [0.05, 0.1) is 28.6 Å². The van der Waals surface area contributed by atoms with Gasteiger partial charge < -0.3 is 9.64 Å². The second kappa shape index (κ2) is 8.67. The zero-order valence-corrected chi connectivity index (χ0v) is 18.6. The number of piperidine rings is 1. The molecule has 7 heteroatoms. The van der Waals surface area contributed by atoms with E-state index in [0.29, 0.717) is 25.4 Å². The topological polar surface area (TPSA) is 76.6 Å². The van der Waals surface area contributed by atoms with E-state index in [1.807, 2.05) is 30.0 Å². The van der Waals surface area contributed by atoms with Gasteiger partial charge in [-0.2, -0.15) is 0 Å². The number of ether oxygens (including phenoxy) is 1. The van der Waals surface area contributed by atoms with Gasteiger partial charge in [-0.3, -0.25) is 9.78 Å². The first-order chi connectivity index (χ1) is 14.9. The molecule has 4 rings (SSSR count). The van der Waals surface area contributed by atoms with Crippen molar-refractivity contribution in [3.63, 3.8) is 0 Å². The fraction of sp³-hybridized carbons (Fsp3) is 0.333. The minimum Gasteiger partial charge on any atom is -0.466 e. The maximum Gasteiger partial charge on any atom is 0.310 e. The third kappa shape index (κ3) is 4.14. The second-order valence-corrected chi connectivity index (χ2v) is 9.76. The Morgan fingerprint density at radius 2 is 1.97 bits per heavy atom. The number of benzene rings is 2. The number of rotatable bonds is 5. The standard InChI is InChI=1S/C24H26N2O4S/c1-3-30-24(27)18-8-7-13-26(16-18)23-20-14-17(2)11-12-21(20)25-15-22(23)31(28,29)19-9-5-4-6-10-19/h4-6,9-12,14-15,18H,3,7-8,13,16H2,1-2H3. The molecule has 0 spiro atoms. The van der Waals surface area contributed by atoms with Crippen LogP contribution < -0.4 is 4.90 Å². The molecule has 1 aliphatic heterocycles. The molecule has 1 saturated heterocycles. The van der Waals surface area contributed by atoms with Crippen LogP contribution in [0.5, 0.6) is 0 Å². The molecule has 3 aromatic rings. The van der Waals surface area contributed by atoms with Gasteiger partial charge in [0, 0.05) is 24.7 Å². The second-order valence-electron chi connectivity index (χ2n) is 7.85. The number of sulfone groups is 1. The van der Waals surface area contributed by atoms with Crippen molar-refractivity contribution in [1.29, 1.82) is 0 Å². The molecule has 1 atom stereocenters. The molecule has 2 heterocycles. The Morgan fingerprint density at radius 3 is 2.71 bits per heavy atom. The number of hydrogen-bond acceptors (Lipinski definition) is 6. The lowest BCUT2D eigenvalue weighted by atomic mass is 9.97. The van der Waals surface area contributed by atoms with Crippen molar-refractivity contribution >= 4 is 32.4 Å². The molecule has 0 aliphatic carbocycles. The van der Waals surface area contributed by atoms with Gasteiger partial charge in [0.2, 0.25) is 9.84 Å². The van der Waals surface area contributed by atoms with E-state index in [1.165, 1.54) is 6.20 Å². The van der Waals surface area contributed by atoms with Crippen LogP contribution in [-0.4, -0.2) is 39.1 Å². The predicted molar refractivity (Wildman–Crippen MR) is 120 cm³/mol. The van der Waals surface area contributed by atoms with E-state index in [4.69, 9.17) is 4.74 Å². The van der Waals surface area contributed by atoms with Gasteiger partial charge in [-0.15, -0.1) is 0 Å². The Bertz CT molecular complexity index is 1210. The maximum absolute atomic E-state index is 13.6. The van der Waals surface area contributed by atoms with Gasteiger partial charge in [0.25, 0.3) is 0 Å². The molecule has 1 fully saturated rings. The van der Waals surface area contributed by atoms with Crippen LogP contribution in [0, 0.1) is 12.8 Å². The fourth-order valence-electron chi connectivity index (χ4n) is 4.16. The first-order valence-electron chi connectivity index (χ1n) is 10.5. The summed E-state index contributed by atoms with van der Waals surface area (Å²) in [6, 6.07) is 14.2. The highest BCUT2D eigenvalue weighted by Crippen LogP contribution is 2.38. The number of esters is 1. The molecule has 162 valence electrons. The van der Waals surface area contributed by atoms with Crippen molar-refractivity contribution in [2.24, 2.45) is 5.92 Å². The van der Waals surface area contributed by atoms with E-state index in [-0.39, 0.29) is 21.7 Å². The first kappa shape index (κ1) is 21.3. The lowest BCUT2D eigenvalue weighted by Crippen LogP contribution is -2.40. The Morgan fingerprint density at radius 1 is 1.19 bits per heavy atom. The average molecular weight is 439 g/mol. The Kier molecular flexibility index (Phi) is 5.96. The number of nitrogens with zero attached hydrogens (tertiary/aromatic N) is 2. The molecule has 0 amide bonds. The van der Waals surface area contributed by atoms with Gasteiger partial charge in [-0.1, -0.05) is 29.8 Å². The van der Waals surface area contributed by atoms with Crippen molar-refractivity contribution < 1.29 is 17.9 Å². The third-order valence-corrected chi connectivity index (χ3v) is 7.43. The van der Waals surface area contributed by atoms with Crippen molar-refractivity contribution in [2.45, 2.75) is 36.5 Å². The van der Waals surface area contributed by atoms with Crippen LogP contribution in [0.3, 0.4) is 0 Å². The van der Waals surface area contributed by atoms with E-state index in [2.05, 4.69) is 4.98 Å². The summed E-state index contributed by atoms with van der Waals surface area (Å²) in [5, 5.41) is 0.779. The van der Waals surface area contributed by atoms with E-state index < -0.39 is 9.84 Å². The zero-order valence-electron chi connectivity index (χ0n) is 17.7. The van der Waals surface area contributed by atoms with Gasteiger partial charge in [-0.25, -0.2) is 8.42 Å². The summed E-state index contributed by atoms with van der Waals surface area (Å²) in [4.78, 5) is 19.3. The lowest BCUT2D eigenvalue weighted by molar-refractivity contribution is -0.148. The Balaban J connectivity index is 1.89. The van der Waals surface area contributed by atoms with Crippen LogP contribution >= 0.6 is 0 Å². The summed E-state index contributed by atoms with van der Waals surface area (Å²) in [6.07, 6.45) is 2.96. The van der Waals surface area contributed by atoms with E-state index in [1.54, 1.807) is 37.3 Å². The molecular weight excluding hydrogens is 412 g/mol. The lowest BCUT2D eigenvalue weighted by Gasteiger charge is -2.35. The summed E-state index contributed by atoms with van der Waals surface area (Å²) in [6.45, 7) is 5.19. The van der Waals surface area contributed by atoms with Gasteiger partial charge in [0.1, 0.15) is 4.90 Å². The summed E-state index contributed by atoms with van der Waals surface area (Å²) >= 11 is 0. The molecule has 0 bridgehead atoms. The molecule has 1 aliphatic rings. The highest BCUT2D eigenvalue weighted by atomic mass is 32.2. The zero-order chi connectivity index (χ0) is 22.0. The van der Waals surface area contributed by atoms with Crippen molar-refractivity contribution in [3.05, 3.63) is 60.3 Å². The van der Waals surface area contributed by atoms with Gasteiger partial charge in [0.15, 0.2) is 0 Å². The number of carbonyl (C=O) groups excluding carboxylic acids is 1. The fourth-order valence-corrected chi connectivity index (χ4v) is 5.61. The number of pyridine rings is 1. The van der Waals surface area contributed by atoms with Gasteiger partial charge in [-0.05, 0) is 51.0 Å².